The van der Waals surface area contributed by atoms with Crippen LogP contribution in [0.1, 0.15) is 12.5 Å². The third-order valence-corrected chi connectivity index (χ3v) is 2.43. The summed E-state index contributed by atoms with van der Waals surface area (Å²) < 4.78 is 18.0. The molecule has 4 nitrogen and oxygen atoms in total. The number of nitrogens with two attached hydrogens (primary N) is 1. The van der Waals surface area contributed by atoms with E-state index in [9.17, 15) is 14.0 Å². The molecular weight excluding hydrogens is 285 g/mol. The standard InChI is InChI=1S/C14H13ClFNO3/c1-2-20-14(19)13(17)8-11(18)6-4-9-3-5-10(15)7-12(9)16/h3-8H,2,17H2,1H3. The largest absolute Gasteiger partial charge is 0.461 e. The number of esters is 1. The molecule has 0 aliphatic carbocycles. The number of carbonyl (C=O) groups excluding carboxylic acids is 2. The highest BCUT2D eigenvalue weighted by Gasteiger charge is 2.07. The Balaban J connectivity index is 2.77. The van der Waals surface area contributed by atoms with Crippen LogP contribution < -0.4 is 5.73 Å². The van der Waals surface area contributed by atoms with Gasteiger partial charge in [-0.05, 0) is 31.2 Å². The summed E-state index contributed by atoms with van der Waals surface area (Å²) in [7, 11) is 0. The number of hydrogen-bond acceptors (Lipinski definition) is 4. The van der Waals surface area contributed by atoms with Crippen molar-refractivity contribution in [2.75, 3.05) is 6.61 Å². The molecule has 0 fully saturated rings. The highest BCUT2D eigenvalue weighted by atomic mass is 35.5. The summed E-state index contributed by atoms with van der Waals surface area (Å²) in [6.45, 7) is 1.78. The van der Waals surface area contributed by atoms with Crippen molar-refractivity contribution in [1.29, 1.82) is 0 Å². The van der Waals surface area contributed by atoms with Gasteiger partial charge >= 0.3 is 5.97 Å². The smallest absolute Gasteiger partial charge is 0.354 e. The number of benzene rings is 1. The van der Waals surface area contributed by atoms with Crippen molar-refractivity contribution in [1.82, 2.24) is 0 Å². The van der Waals surface area contributed by atoms with Gasteiger partial charge in [-0.25, -0.2) is 9.18 Å². The zero-order valence-electron chi connectivity index (χ0n) is 10.7. The fraction of sp³-hybridized carbons (Fsp3) is 0.143. The molecule has 0 radical (unpaired) electrons. The summed E-state index contributed by atoms with van der Waals surface area (Å²) in [5, 5.41) is 0.262. The van der Waals surface area contributed by atoms with Crippen LogP contribution in [0.3, 0.4) is 0 Å². The van der Waals surface area contributed by atoms with E-state index < -0.39 is 17.6 Å². The molecule has 0 aromatic heterocycles. The molecule has 0 heterocycles. The first-order chi connectivity index (χ1) is 9.43. The number of halogens is 2. The van der Waals surface area contributed by atoms with Crippen molar-refractivity contribution in [3.63, 3.8) is 0 Å². The number of rotatable bonds is 5. The van der Waals surface area contributed by atoms with Crippen molar-refractivity contribution >= 4 is 29.4 Å². The molecule has 0 saturated heterocycles. The van der Waals surface area contributed by atoms with E-state index in [0.717, 1.165) is 18.2 Å². The van der Waals surface area contributed by atoms with E-state index in [1.54, 1.807) is 6.92 Å². The predicted octanol–water partition coefficient (Wildman–Crippen LogP) is 2.47. The first kappa shape index (κ1) is 15.9. The van der Waals surface area contributed by atoms with Crippen molar-refractivity contribution in [3.05, 3.63) is 52.5 Å². The third kappa shape index (κ3) is 4.85. The molecule has 0 spiro atoms. The van der Waals surface area contributed by atoms with E-state index in [4.69, 9.17) is 17.3 Å². The molecule has 0 amide bonds. The van der Waals surface area contributed by atoms with E-state index in [1.807, 2.05) is 0 Å². The van der Waals surface area contributed by atoms with Gasteiger partial charge in [0.05, 0.1) is 6.61 Å². The number of hydrogen-bond donors (Lipinski definition) is 1. The van der Waals surface area contributed by atoms with Gasteiger partial charge in [0.2, 0.25) is 0 Å². The van der Waals surface area contributed by atoms with E-state index >= 15 is 0 Å². The van der Waals surface area contributed by atoms with Crippen molar-refractivity contribution in [3.8, 4) is 0 Å². The Morgan fingerprint density at radius 3 is 2.75 bits per heavy atom. The lowest BCUT2D eigenvalue weighted by Crippen LogP contribution is -2.15. The minimum atomic E-state index is -0.771. The molecular formula is C14H13ClFNO3. The van der Waals surface area contributed by atoms with E-state index in [-0.39, 0.29) is 22.9 Å². The Morgan fingerprint density at radius 1 is 1.45 bits per heavy atom. The van der Waals surface area contributed by atoms with Gasteiger partial charge in [0, 0.05) is 16.7 Å². The second-order valence-corrected chi connectivity index (χ2v) is 4.16. The first-order valence-corrected chi connectivity index (χ1v) is 6.13. The molecule has 6 heteroatoms. The zero-order chi connectivity index (χ0) is 15.1. The molecule has 0 saturated carbocycles. The van der Waals surface area contributed by atoms with Gasteiger partial charge in [0.1, 0.15) is 11.5 Å². The Kier molecular flexibility index (Phi) is 5.93. The van der Waals surface area contributed by atoms with Crippen LogP contribution in [0.25, 0.3) is 6.08 Å². The number of ketones is 1. The van der Waals surface area contributed by atoms with Crippen LogP contribution >= 0.6 is 11.6 Å². The lowest BCUT2D eigenvalue weighted by atomic mass is 10.1. The number of allylic oxidation sites excluding steroid dienone is 2. The molecule has 106 valence electrons. The summed E-state index contributed by atoms with van der Waals surface area (Å²) in [5.41, 5.74) is 5.26. The van der Waals surface area contributed by atoms with Crippen LogP contribution in [-0.2, 0) is 14.3 Å². The van der Waals surface area contributed by atoms with Crippen LogP contribution in [0.15, 0.2) is 36.0 Å². The van der Waals surface area contributed by atoms with Crippen molar-refractivity contribution < 1.29 is 18.7 Å². The summed E-state index contributed by atoms with van der Waals surface area (Å²) >= 11 is 5.60. The normalized spacial score (nSPS) is 11.7. The lowest BCUT2D eigenvalue weighted by molar-refractivity contribution is -0.138. The Labute approximate surface area is 120 Å². The molecule has 0 aliphatic heterocycles. The van der Waals surface area contributed by atoms with Gasteiger partial charge < -0.3 is 10.5 Å². The molecule has 0 bridgehead atoms. The molecule has 0 unspecified atom stereocenters. The van der Waals surface area contributed by atoms with E-state index in [0.29, 0.717) is 0 Å². The molecule has 1 aromatic rings. The van der Waals surface area contributed by atoms with Crippen molar-refractivity contribution in [2.45, 2.75) is 6.92 Å². The van der Waals surface area contributed by atoms with E-state index in [1.165, 1.54) is 18.2 Å². The Hall–Kier alpha value is -2.14. The van der Waals surface area contributed by atoms with Crippen LogP contribution in [0, 0.1) is 5.82 Å². The fourth-order valence-corrected chi connectivity index (χ4v) is 1.44. The van der Waals surface area contributed by atoms with Gasteiger partial charge in [-0.2, -0.15) is 0 Å². The van der Waals surface area contributed by atoms with Crippen LogP contribution in [0.2, 0.25) is 5.02 Å². The second-order valence-electron chi connectivity index (χ2n) is 3.72. The summed E-state index contributed by atoms with van der Waals surface area (Å²) in [5.74, 6) is -1.87. The average Bonchev–Trinajstić information content (AvgIpc) is 2.37. The zero-order valence-corrected chi connectivity index (χ0v) is 11.5. The average molecular weight is 298 g/mol. The quantitative estimate of drug-likeness (QED) is 0.669. The number of ether oxygens (including phenoxy) is 1. The minimum absolute atomic E-state index is 0.160. The molecule has 20 heavy (non-hydrogen) atoms. The SMILES string of the molecule is CCOC(=O)C(N)=CC(=O)C=Cc1ccc(Cl)cc1F. The van der Waals surface area contributed by atoms with Crippen LogP contribution in [0.4, 0.5) is 4.39 Å². The highest BCUT2D eigenvalue weighted by molar-refractivity contribution is 6.30. The maximum atomic E-state index is 13.4. The molecule has 1 aromatic carbocycles. The first-order valence-electron chi connectivity index (χ1n) is 5.75. The summed E-state index contributed by atoms with van der Waals surface area (Å²) in [6.07, 6.45) is 3.28. The maximum absolute atomic E-state index is 13.4. The van der Waals surface area contributed by atoms with Gasteiger partial charge in [-0.15, -0.1) is 0 Å². The Bertz CT molecular complexity index is 582. The van der Waals surface area contributed by atoms with Crippen molar-refractivity contribution in [2.24, 2.45) is 5.73 Å². The summed E-state index contributed by atoms with van der Waals surface area (Å²) in [4.78, 5) is 22.7. The van der Waals surface area contributed by atoms with Gasteiger partial charge in [-0.3, -0.25) is 4.79 Å². The molecule has 0 aliphatic rings. The minimum Gasteiger partial charge on any atom is -0.461 e. The highest BCUT2D eigenvalue weighted by Crippen LogP contribution is 2.15. The molecule has 2 N–H and O–H groups in total. The second kappa shape index (κ2) is 7.45. The van der Waals surface area contributed by atoms with Gasteiger partial charge in [0.15, 0.2) is 5.78 Å². The molecule has 0 atom stereocenters. The number of carbonyl (C=O) groups is 2. The summed E-state index contributed by atoms with van der Waals surface area (Å²) in [6, 6.07) is 4.06. The molecule has 1 rings (SSSR count). The van der Waals surface area contributed by atoms with E-state index in [2.05, 4.69) is 4.74 Å². The topological polar surface area (TPSA) is 69.4 Å². The fourth-order valence-electron chi connectivity index (χ4n) is 1.28. The van der Waals surface area contributed by atoms with Gasteiger partial charge in [0.25, 0.3) is 0 Å². The maximum Gasteiger partial charge on any atom is 0.354 e. The van der Waals surface area contributed by atoms with Gasteiger partial charge in [-0.1, -0.05) is 17.7 Å². The van der Waals surface area contributed by atoms with Crippen LogP contribution in [0.5, 0.6) is 0 Å². The monoisotopic (exact) mass is 297 g/mol. The Morgan fingerprint density at radius 2 is 2.15 bits per heavy atom. The van der Waals surface area contributed by atoms with Crippen LogP contribution in [-0.4, -0.2) is 18.4 Å². The predicted molar refractivity (Wildman–Crippen MR) is 74.4 cm³/mol. The third-order valence-electron chi connectivity index (χ3n) is 2.20. The lowest BCUT2D eigenvalue weighted by Gasteiger charge is -2.00.